The van der Waals surface area contributed by atoms with Gasteiger partial charge in [0.25, 0.3) is 11.8 Å². The zero-order valence-electron chi connectivity index (χ0n) is 16.3. The number of fused-ring (bicyclic) bond motifs is 3. The Balaban J connectivity index is 1.64. The third kappa shape index (κ3) is 2.59. The Hall–Kier alpha value is -3.71. The molecule has 2 aromatic heterocycles. The maximum atomic E-state index is 12.5. The van der Waals surface area contributed by atoms with Crippen molar-refractivity contribution < 1.29 is 14.4 Å². The number of thiophene rings is 1. The average molecular weight is 415 g/mol. The molecule has 1 aliphatic heterocycles. The van der Waals surface area contributed by atoms with Crippen molar-refractivity contribution in [2.24, 2.45) is 0 Å². The smallest absolute Gasteiger partial charge is 0.301 e. The Kier molecular flexibility index (Phi) is 4.08. The predicted octanol–water partition coefficient (Wildman–Crippen LogP) is 4.28. The molecule has 2 aromatic carbocycles. The van der Waals surface area contributed by atoms with Gasteiger partial charge in [-0.05, 0) is 30.3 Å². The number of imide groups is 2. The number of likely N-dealkylation sites (N-methyl/N-ethyl adjacent to an activating group) is 2. The lowest BCUT2D eigenvalue weighted by Crippen LogP contribution is -2.52. The van der Waals surface area contributed by atoms with Crippen LogP contribution in [0.1, 0.15) is 4.88 Å². The first-order valence-electron chi connectivity index (χ1n) is 9.37. The van der Waals surface area contributed by atoms with E-state index in [2.05, 4.69) is 28.8 Å². The van der Waals surface area contributed by atoms with Gasteiger partial charge in [0.15, 0.2) is 0 Å². The summed E-state index contributed by atoms with van der Waals surface area (Å²) in [6.07, 6.45) is 1.56. The van der Waals surface area contributed by atoms with Gasteiger partial charge in [0, 0.05) is 29.7 Å². The number of rotatable bonds is 2. The minimum Gasteiger partial charge on any atom is -0.301 e. The van der Waals surface area contributed by atoms with E-state index in [1.807, 2.05) is 36.4 Å². The summed E-state index contributed by atoms with van der Waals surface area (Å²) >= 11 is 1.48. The van der Waals surface area contributed by atoms with Gasteiger partial charge in [-0.2, -0.15) is 0 Å². The Morgan fingerprint density at radius 1 is 0.733 bits per heavy atom. The molecule has 30 heavy (non-hydrogen) atoms. The minimum atomic E-state index is -0.626. The number of amides is 4. The number of barbiturate groups is 1. The van der Waals surface area contributed by atoms with Crippen molar-refractivity contribution >= 4 is 57.1 Å². The van der Waals surface area contributed by atoms with E-state index in [9.17, 15) is 14.4 Å². The molecule has 0 saturated carbocycles. The molecule has 0 spiro atoms. The first kappa shape index (κ1) is 18.3. The summed E-state index contributed by atoms with van der Waals surface area (Å²) in [5.41, 5.74) is 2.17. The third-order valence-corrected chi connectivity index (χ3v) is 6.36. The number of aromatic nitrogens is 1. The lowest BCUT2D eigenvalue weighted by molar-refractivity contribution is -0.134. The minimum absolute atomic E-state index is 0.0183. The molecule has 5 rings (SSSR count). The predicted molar refractivity (Wildman–Crippen MR) is 118 cm³/mol. The van der Waals surface area contributed by atoms with E-state index in [-0.39, 0.29) is 5.57 Å². The van der Waals surface area contributed by atoms with Crippen LogP contribution in [0, 0.1) is 0 Å². The van der Waals surface area contributed by atoms with E-state index in [0.717, 1.165) is 30.7 Å². The lowest BCUT2D eigenvalue weighted by Gasteiger charge is -2.28. The molecule has 7 heteroatoms. The van der Waals surface area contributed by atoms with E-state index in [4.69, 9.17) is 0 Å². The summed E-state index contributed by atoms with van der Waals surface area (Å²) < 4.78 is 2.18. The highest BCUT2D eigenvalue weighted by Crippen LogP contribution is 2.35. The van der Waals surface area contributed by atoms with Crippen LogP contribution in [0.4, 0.5) is 4.79 Å². The van der Waals surface area contributed by atoms with Crippen molar-refractivity contribution in [2.75, 3.05) is 14.1 Å². The van der Waals surface area contributed by atoms with Crippen LogP contribution >= 0.6 is 11.3 Å². The Morgan fingerprint density at radius 2 is 1.27 bits per heavy atom. The standard InChI is InChI=1S/C23H17N3O3S/c1-24-21(27)17(22(28)25(2)23(24)29)13-14-11-12-20(30-14)26-18-9-5-3-7-15(18)16-8-4-6-10-19(16)26/h3-13H,1-2H3. The van der Waals surface area contributed by atoms with Gasteiger partial charge in [-0.15, -0.1) is 11.3 Å². The number of carbonyl (C=O) groups excluding carboxylic acids is 3. The van der Waals surface area contributed by atoms with Gasteiger partial charge in [-0.3, -0.25) is 19.4 Å². The maximum absolute atomic E-state index is 12.5. The highest BCUT2D eigenvalue weighted by molar-refractivity contribution is 7.15. The fourth-order valence-corrected chi connectivity index (χ4v) is 4.80. The van der Waals surface area contributed by atoms with E-state index in [1.165, 1.54) is 36.2 Å². The molecule has 0 atom stereocenters. The Morgan fingerprint density at radius 3 is 1.83 bits per heavy atom. The number of urea groups is 1. The Bertz CT molecular complexity index is 1320. The number of hydrogen-bond donors (Lipinski definition) is 0. The largest absolute Gasteiger partial charge is 0.333 e. The van der Waals surface area contributed by atoms with Crippen molar-refractivity contribution in [3.63, 3.8) is 0 Å². The highest BCUT2D eigenvalue weighted by atomic mass is 32.1. The van der Waals surface area contributed by atoms with Gasteiger partial charge < -0.3 is 4.57 Å². The third-order valence-electron chi connectivity index (χ3n) is 5.34. The molecule has 3 heterocycles. The topological polar surface area (TPSA) is 62.6 Å². The van der Waals surface area contributed by atoms with Gasteiger partial charge in [-0.25, -0.2) is 4.79 Å². The van der Waals surface area contributed by atoms with Gasteiger partial charge in [-0.1, -0.05) is 36.4 Å². The average Bonchev–Trinajstić information content (AvgIpc) is 3.36. The van der Waals surface area contributed by atoms with E-state index < -0.39 is 17.8 Å². The van der Waals surface area contributed by atoms with E-state index in [1.54, 1.807) is 6.08 Å². The van der Waals surface area contributed by atoms with Gasteiger partial charge in [0.2, 0.25) is 0 Å². The van der Waals surface area contributed by atoms with Gasteiger partial charge in [0.05, 0.1) is 11.0 Å². The second-order valence-electron chi connectivity index (χ2n) is 7.11. The number of benzene rings is 2. The van der Waals surface area contributed by atoms with Gasteiger partial charge >= 0.3 is 6.03 Å². The van der Waals surface area contributed by atoms with Crippen molar-refractivity contribution in [1.82, 2.24) is 14.4 Å². The van der Waals surface area contributed by atoms with Crippen LogP contribution in [-0.4, -0.2) is 46.3 Å². The maximum Gasteiger partial charge on any atom is 0.333 e. The first-order chi connectivity index (χ1) is 14.5. The summed E-state index contributed by atoms with van der Waals surface area (Å²) in [6, 6.07) is 19.7. The van der Waals surface area contributed by atoms with Crippen molar-refractivity contribution in [3.05, 3.63) is 71.1 Å². The molecule has 1 fully saturated rings. The fourth-order valence-electron chi connectivity index (χ4n) is 3.82. The zero-order chi connectivity index (χ0) is 21.0. The second-order valence-corrected chi connectivity index (χ2v) is 8.21. The van der Waals surface area contributed by atoms with Crippen LogP contribution in [0.2, 0.25) is 0 Å². The molecule has 1 aliphatic rings. The number of hydrogen-bond acceptors (Lipinski definition) is 4. The summed E-state index contributed by atoms with van der Waals surface area (Å²) in [5, 5.41) is 3.31. The van der Waals surface area contributed by atoms with Crippen LogP contribution in [0.15, 0.2) is 66.2 Å². The van der Waals surface area contributed by atoms with Crippen LogP contribution in [0.5, 0.6) is 0 Å². The van der Waals surface area contributed by atoms with Crippen molar-refractivity contribution in [2.45, 2.75) is 0 Å². The molecule has 0 bridgehead atoms. The molecule has 1 saturated heterocycles. The molecule has 4 amide bonds. The molecule has 0 unspecified atom stereocenters. The number of carbonyl (C=O) groups is 3. The number of nitrogens with zero attached hydrogens (tertiary/aromatic N) is 3. The summed E-state index contributed by atoms with van der Waals surface area (Å²) in [7, 11) is 2.75. The van der Waals surface area contributed by atoms with Crippen LogP contribution in [0.25, 0.3) is 32.9 Å². The first-order valence-corrected chi connectivity index (χ1v) is 10.2. The molecule has 6 nitrogen and oxygen atoms in total. The van der Waals surface area contributed by atoms with Gasteiger partial charge in [0.1, 0.15) is 10.6 Å². The second kappa shape index (κ2) is 6.67. The quantitative estimate of drug-likeness (QED) is 0.363. The summed E-state index contributed by atoms with van der Waals surface area (Å²) in [5.74, 6) is -1.18. The Labute approximate surface area is 176 Å². The fraction of sp³-hybridized carbons (Fsp3) is 0.0870. The molecular weight excluding hydrogens is 398 g/mol. The lowest BCUT2D eigenvalue weighted by atomic mass is 10.1. The number of para-hydroxylation sites is 2. The van der Waals surface area contributed by atoms with E-state index in [0.29, 0.717) is 0 Å². The normalized spacial score (nSPS) is 15.0. The monoisotopic (exact) mass is 415 g/mol. The van der Waals surface area contributed by atoms with Crippen molar-refractivity contribution in [3.8, 4) is 5.00 Å². The van der Waals surface area contributed by atoms with E-state index >= 15 is 0 Å². The van der Waals surface area contributed by atoms with Crippen LogP contribution < -0.4 is 0 Å². The molecule has 0 N–H and O–H groups in total. The molecule has 148 valence electrons. The highest BCUT2D eigenvalue weighted by Gasteiger charge is 2.37. The molecule has 4 aromatic rings. The molecule has 0 radical (unpaired) electrons. The zero-order valence-corrected chi connectivity index (χ0v) is 17.1. The van der Waals surface area contributed by atoms with Crippen molar-refractivity contribution in [1.29, 1.82) is 0 Å². The van der Waals surface area contributed by atoms with Crippen LogP contribution in [0.3, 0.4) is 0 Å². The van der Waals surface area contributed by atoms with Crippen LogP contribution in [-0.2, 0) is 9.59 Å². The summed E-state index contributed by atoms with van der Waals surface area (Å²) in [4.78, 5) is 39.5. The summed E-state index contributed by atoms with van der Waals surface area (Å²) in [6.45, 7) is 0. The SMILES string of the molecule is CN1C(=O)C(=Cc2ccc(-n3c4ccccc4c4ccccc43)s2)C(=O)N(C)C1=O. The molecular formula is C23H17N3O3S. The molecule has 0 aliphatic carbocycles.